The van der Waals surface area contributed by atoms with E-state index in [1.54, 1.807) is 18.6 Å². The predicted molar refractivity (Wildman–Crippen MR) is 70.7 cm³/mol. The van der Waals surface area contributed by atoms with E-state index in [1.807, 2.05) is 48.5 Å². The molecule has 3 heterocycles. The van der Waals surface area contributed by atoms with Crippen molar-refractivity contribution in [2.45, 2.75) is 0 Å². The Balaban J connectivity index is 0.00000133. The van der Waals surface area contributed by atoms with E-state index >= 15 is 0 Å². The van der Waals surface area contributed by atoms with E-state index in [0.29, 0.717) is 0 Å². The summed E-state index contributed by atoms with van der Waals surface area (Å²) < 4.78 is 0. The molecule has 94 valence electrons. The summed E-state index contributed by atoms with van der Waals surface area (Å²) in [5, 5.41) is 0. The molecule has 0 aromatic carbocycles. The summed E-state index contributed by atoms with van der Waals surface area (Å²) in [5.74, 6) is 0. The average Bonchev–Trinajstić information content (AvgIpc) is 2.49. The fourth-order valence-electron chi connectivity index (χ4n) is 1.84. The van der Waals surface area contributed by atoms with Gasteiger partial charge < -0.3 is 0 Å². The first-order valence-electron chi connectivity index (χ1n) is 5.73. The Kier molecular flexibility index (Phi) is 4.53. The molecular formula is C15H11N3Pt+2. The fraction of sp³-hybridized carbons (Fsp3) is 0. The third-order valence-electron chi connectivity index (χ3n) is 2.66. The number of hydrogen-bond donors (Lipinski definition) is 0. The van der Waals surface area contributed by atoms with Gasteiger partial charge in [-0.3, -0.25) is 15.0 Å². The van der Waals surface area contributed by atoms with Crippen LogP contribution in [0.25, 0.3) is 22.6 Å². The normalized spacial score (nSPS) is 9.68. The van der Waals surface area contributed by atoms with Crippen molar-refractivity contribution < 1.29 is 21.1 Å². The van der Waals surface area contributed by atoms with E-state index in [1.165, 1.54) is 0 Å². The van der Waals surface area contributed by atoms with E-state index in [2.05, 4.69) is 15.0 Å². The van der Waals surface area contributed by atoms with Crippen LogP contribution in [0.4, 0.5) is 0 Å². The smallest absolute Gasteiger partial charge is 0.256 e. The van der Waals surface area contributed by atoms with Gasteiger partial charge in [-0.1, -0.05) is 12.1 Å². The summed E-state index contributed by atoms with van der Waals surface area (Å²) in [7, 11) is 0. The zero-order chi connectivity index (χ0) is 12.2. The van der Waals surface area contributed by atoms with E-state index < -0.39 is 0 Å². The molecule has 0 bridgehead atoms. The quantitative estimate of drug-likeness (QED) is 0.630. The SMILES string of the molecule is [Pt+2].c1ccc(-c2cccnc2-c2ccccn2)nc1. The molecule has 0 atom stereocenters. The Bertz CT molecular complexity index is 583. The second-order valence-electron chi connectivity index (χ2n) is 3.83. The molecule has 0 saturated carbocycles. The standard InChI is InChI=1S/C15H11N3.Pt/c1-3-9-16-13(7-1)12-6-5-11-18-15(12)14-8-2-4-10-17-14;/h1-11H;/q;+2. The number of aromatic nitrogens is 3. The zero-order valence-corrected chi connectivity index (χ0v) is 12.3. The van der Waals surface area contributed by atoms with E-state index in [-0.39, 0.29) is 21.1 Å². The van der Waals surface area contributed by atoms with Gasteiger partial charge in [0.2, 0.25) is 0 Å². The molecule has 4 heteroatoms. The third kappa shape index (κ3) is 2.94. The minimum atomic E-state index is 0. The zero-order valence-electron chi connectivity index (χ0n) is 10.0. The van der Waals surface area contributed by atoms with Crippen molar-refractivity contribution >= 4 is 0 Å². The van der Waals surface area contributed by atoms with Crippen molar-refractivity contribution in [3.05, 3.63) is 67.1 Å². The fourth-order valence-corrected chi connectivity index (χ4v) is 1.84. The molecule has 0 saturated heterocycles. The summed E-state index contributed by atoms with van der Waals surface area (Å²) in [6.45, 7) is 0. The van der Waals surface area contributed by atoms with Crippen molar-refractivity contribution in [2.75, 3.05) is 0 Å². The summed E-state index contributed by atoms with van der Waals surface area (Å²) in [5.41, 5.74) is 3.62. The number of nitrogens with zero attached hydrogens (tertiary/aromatic N) is 3. The molecule has 0 radical (unpaired) electrons. The molecule has 0 amide bonds. The van der Waals surface area contributed by atoms with Gasteiger partial charge in [0.05, 0.1) is 17.1 Å². The van der Waals surface area contributed by atoms with Crippen LogP contribution in [0.5, 0.6) is 0 Å². The Morgan fingerprint density at radius 3 is 1.84 bits per heavy atom. The Hall–Kier alpha value is -1.86. The van der Waals surface area contributed by atoms with Crippen molar-refractivity contribution in [3.8, 4) is 22.6 Å². The molecular weight excluding hydrogens is 417 g/mol. The van der Waals surface area contributed by atoms with Gasteiger partial charge in [0.25, 0.3) is 0 Å². The summed E-state index contributed by atoms with van der Waals surface area (Å²) >= 11 is 0. The Morgan fingerprint density at radius 1 is 0.579 bits per heavy atom. The molecule has 19 heavy (non-hydrogen) atoms. The largest absolute Gasteiger partial charge is 2.00 e. The van der Waals surface area contributed by atoms with Gasteiger partial charge in [-0.05, 0) is 36.4 Å². The molecule has 3 rings (SSSR count). The van der Waals surface area contributed by atoms with Crippen molar-refractivity contribution in [3.63, 3.8) is 0 Å². The van der Waals surface area contributed by atoms with Crippen molar-refractivity contribution in [1.29, 1.82) is 0 Å². The van der Waals surface area contributed by atoms with E-state index in [9.17, 15) is 0 Å². The van der Waals surface area contributed by atoms with Crippen LogP contribution in [-0.2, 0) is 21.1 Å². The van der Waals surface area contributed by atoms with Crippen molar-refractivity contribution in [1.82, 2.24) is 15.0 Å². The van der Waals surface area contributed by atoms with Crippen LogP contribution in [0.15, 0.2) is 67.1 Å². The predicted octanol–water partition coefficient (Wildman–Crippen LogP) is 3.20. The topological polar surface area (TPSA) is 38.7 Å². The molecule has 3 aromatic heterocycles. The van der Waals surface area contributed by atoms with Gasteiger partial charge >= 0.3 is 21.1 Å². The van der Waals surface area contributed by atoms with Crippen LogP contribution < -0.4 is 0 Å². The number of rotatable bonds is 2. The second-order valence-corrected chi connectivity index (χ2v) is 3.83. The summed E-state index contributed by atoms with van der Waals surface area (Å²) in [4.78, 5) is 13.1. The van der Waals surface area contributed by atoms with Gasteiger partial charge in [-0.15, -0.1) is 0 Å². The molecule has 3 aromatic rings. The first-order valence-corrected chi connectivity index (χ1v) is 5.73. The molecule has 0 unspecified atom stereocenters. The summed E-state index contributed by atoms with van der Waals surface area (Å²) in [6.07, 6.45) is 5.33. The molecule has 0 fully saturated rings. The second kappa shape index (κ2) is 6.35. The minimum absolute atomic E-state index is 0. The molecule has 0 aliphatic heterocycles. The first-order chi connectivity index (χ1) is 8.95. The van der Waals surface area contributed by atoms with Gasteiger partial charge in [-0.25, -0.2) is 0 Å². The number of hydrogen-bond acceptors (Lipinski definition) is 3. The van der Waals surface area contributed by atoms with Gasteiger partial charge in [0.1, 0.15) is 0 Å². The third-order valence-corrected chi connectivity index (χ3v) is 2.66. The molecule has 0 aliphatic carbocycles. The van der Waals surface area contributed by atoms with Gasteiger partial charge in [0, 0.05) is 24.2 Å². The Morgan fingerprint density at radius 2 is 1.21 bits per heavy atom. The van der Waals surface area contributed by atoms with E-state index in [0.717, 1.165) is 22.6 Å². The Labute approximate surface area is 126 Å². The van der Waals surface area contributed by atoms with Crippen LogP contribution >= 0.6 is 0 Å². The minimum Gasteiger partial charge on any atom is -0.256 e. The molecule has 0 aliphatic rings. The van der Waals surface area contributed by atoms with Gasteiger partial charge in [0.15, 0.2) is 0 Å². The number of pyridine rings is 3. The van der Waals surface area contributed by atoms with Crippen LogP contribution in [0, 0.1) is 0 Å². The van der Waals surface area contributed by atoms with Crippen LogP contribution in [0.1, 0.15) is 0 Å². The summed E-state index contributed by atoms with van der Waals surface area (Å²) in [6, 6.07) is 15.6. The maximum atomic E-state index is 4.42. The molecule has 0 spiro atoms. The van der Waals surface area contributed by atoms with Crippen molar-refractivity contribution in [2.24, 2.45) is 0 Å². The van der Waals surface area contributed by atoms with E-state index in [4.69, 9.17) is 0 Å². The van der Waals surface area contributed by atoms with Crippen LogP contribution in [0.2, 0.25) is 0 Å². The molecule has 3 nitrogen and oxygen atoms in total. The average molecular weight is 428 g/mol. The first kappa shape index (κ1) is 13.6. The molecule has 0 N–H and O–H groups in total. The van der Waals surface area contributed by atoms with Gasteiger partial charge in [-0.2, -0.15) is 0 Å². The van der Waals surface area contributed by atoms with Crippen LogP contribution in [-0.4, -0.2) is 15.0 Å². The maximum absolute atomic E-state index is 4.42. The monoisotopic (exact) mass is 428 g/mol. The maximum Gasteiger partial charge on any atom is 2.00 e. The van der Waals surface area contributed by atoms with Crippen LogP contribution in [0.3, 0.4) is 0 Å².